The molecular formula is C15H13N3O2S. The van der Waals surface area contributed by atoms with Crippen LogP contribution in [0.5, 0.6) is 5.75 Å². The summed E-state index contributed by atoms with van der Waals surface area (Å²) in [7, 11) is 1.56. The van der Waals surface area contributed by atoms with Gasteiger partial charge >= 0.3 is 0 Å². The summed E-state index contributed by atoms with van der Waals surface area (Å²) in [6.45, 7) is 1.53. The minimum atomic E-state index is -0.0382. The van der Waals surface area contributed by atoms with Gasteiger partial charge in [-0.15, -0.1) is 10.2 Å². The minimum Gasteiger partial charge on any atom is -0.496 e. The lowest BCUT2D eigenvalue weighted by Crippen LogP contribution is -2.00. The zero-order valence-electron chi connectivity index (χ0n) is 11.6. The Kier molecular flexibility index (Phi) is 3.62. The summed E-state index contributed by atoms with van der Waals surface area (Å²) < 4.78 is 7.16. The summed E-state index contributed by atoms with van der Waals surface area (Å²) in [6.07, 6.45) is 1.89. The lowest BCUT2D eigenvalue weighted by Gasteiger charge is -2.10. The highest BCUT2D eigenvalue weighted by atomic mass is 32.2. The smallest absolute Gasteiger partial charge is 0.200 e. The molecule has 0 saturated carbocycles. The van der Waals surface area contributed by atoms with E-state index in [4.69, 9.17) is 4.74 Å². The Balaban J connectivity index is 2.08. The van der Waals surface area contributed by atoms with Crippen molar-refractivity contribution in [3.63, 3.8) is 0 Å². The third kappa shape index (κ3) is 2.50. The number of Topliss-reactive ketones (excluding diaryl/α,β-unsaturated/α-hetero) is 1. The highest BCUT2D eigenvalue weighted by molar-refractivity contribution is 7.99. The normalized spacial score (nSPS) is 10.8. The van der Waals surface area contributed by atoms with Crippen molar-refractivity contribution in [3.8, 4) is 5.75 Å². The first-order valence-electron chi connectivity index (χ1n) is 6.36. The van der Waals surface area contributed by atoms with Gasteiger partial charge in [0.15, 0.2) is 16.6 Å². The zero-order valence-corrected chi connectivity index (χ0v) is 12.4. The Labute approximate surface area is 126 Å². The fourth-order valence-corrected chi connectivity index (χ4v) is 3.12. The van der Waals surface area contributed by atoms with Crippen molar-refractivity contribution in [2.75, 3.05) is 7.11 Å². The molecule has 0 amide bonds. The average molecular weight is 299 g/mol. The highest BCUT2D eigenvalue weighted by Gasteiger charge is 2.16. The van der Waals surface area contributed by atoms with Crippen molar-refractivity contribution < 1.29 is 9.53 Å². The quantitative estimate of drug-likeness (QED) is 0.693. The third-order valence-corrected chi connectivity index (χ3v) is 4.06. The molecule has 0 N–H and O–H groups in total. The van der Waals surface area contributed by atoms with Crippen molar-refractivity contribution in [1.29, 1.82) is 0 Å². The maximum absolute atomic E-state index is 11.9. The Morgan fingerprint density at radius 2 is 2.05 bits per heavy atom. The van der Waals surface area contributed by atoms with Crippen molar-refractivity contribution in [1.82, 2.24) is 14.6 Å². The number of ether oxygens (including phenoxy) is 1. The third-order valence-electron chi connectivity index (χ3n) is 3.04. The van der Waals surface area contributed by atoms with Crippen LogP contribution >= 0.6 is 11.8 Å². The number of nitrogens with zero attached hydrogens (tertiary/aromatic N) is 3. The standard InChI is InChI=1S/C15H13N3O2S/c1-10(19)14-11(20-2)6-5-7-12(14)21-15-17-16-13-8-3-4-9-18(13)15/h3-9H,1-2H3. The van der Waals surface area contributed by atoms with Gasteiger partial charge in [0, 0.05) is 11.1 Å². The van der Waals surface area contributed by atoms with Crippen LogP contribution in [0.2, 0.25) is 0 Å². The molecule has 0 spiro atoms. The molecule has 21 heavy (non-hydrogen) atoms. The SMILES string of the molecule is COc1cccc(Sc2nnc3ccccn23)c1C(C)=O. The van der Waals surface area contributed by atoms with Crippen LogP contribution in [0.1, 0.15) is 17.3 Å². The first-order valence-corrected chi connectivity index (χ1v) is 7.18. The number of fused-ring (bicyclic) bond motifs is 1. The van der Waals surface area contributed by atoms with E-state index < -0.39 is 0 Å². The average Bonchev–Trinajstić information content (AvgIpc) is 2.90. The molecule has 2 heterocycles. The second-order valence-corrected chi connectivity index (χ2v) is 5.41. The first kappa shape index (κ1) is 13.6. The number of carbonyl (C=O) groups excluding carboxylic acids is 1. The number of pyridine rings is 1. The summed E-state index contributed by atoms with van der Waals surface area (Å²) in [6, 6.07) is 11.2. The first-order chi connectivity index (χ1) is 10.2. The van der Waals surface area contributed by atoms with Crippen molar-refractivity contribution in [3.05, 3.63) is 48.2 Å². The monoisotopic (exact) mass is 299 g/mol. The number of aromatic nitrogens is 3. The van der Waals surface area contributed by atoms with E-state index >= 15 is 0 Å². The van der Waals surface area contributed by atoms with Gasteiger partial charge in [-0.3, -0.25) is 9.20 Å². The van der Waals surface area contributed by atoms with Crippen LogP contribution in [0.3, 0.4) is 0 Å². The van der Waals surface area contributed by atoms with Gasteiger partial charge in [0.1, 0.15) is 5.75 Å². The maximum atomic E-state index is 11.9. The van der Waals surface area contributed by atoms with E-state index in [1.54, 1.807) is 13.2 Å². The van der Waals surface area contributed by atoms with Crippen LogP contribution in [0.25, 0.3) is 5.65 Å². The van der Waals surface area contributed by atoms with Crippen LogP contribution in [0.15, 0.2) is 52.6 Å². The van der Waals surface area contributed by atoms with Gasteiger partial charge in [-0.1, -0.05) is 12.1 Å². The molecule has 0 fully saturated rings. The Morgan fingerprint density at radius 3 is 2.81 bits per heavy atom. The fourth-order valence-electron chi connectivity index (χ4n) is 2.10. The van der Waals surface area contributed by atoms with Gasteiger partial charge in [0.25, 0.3) is 0 Å². The Bertz CT molecular complexity index is 814. The Hall–Kier alpha value is -2.34. The molecule has 0 bridgehead atoms. The van der Waals surface area contributed by atoms with Crippen LogP contribution in [0.4, 0.5) is 0 Å². The van der Waals surface area contributed by atoms with Crippen LogP contribution in [-0.2, 0) is 0 Å². The molecule has 3 rings (SSSR count). The molecule has 3 aromatic rings. The van der Waals surface area contributed by atoms with Crippen LogP contribution in [0, 0.1) is 0 Å². The number of carbonyl (C=O) groups is 1. The number of hydrogen-bond acceptors (Lipinski definition) is 5. The summed E-state index contributed by atoms with van der Waals surface area (Å²) in [5.74, 6) is 0.532. The van der Waals surface area contributed by atoms with E-state index in [0.29, 0.717) is 16.5 Å². The second-order valence-electron chi connectivity index (χ2n) is 4.40. The van der Waals surface area contributed by atoms with Crippen LogP contribution in [-0.4, -0.2) is 27.5 Å². The molecular weight excluding hydrogens is 286 g/mol. The Morgan fingerprint density at radius 1 is 1.19 bits per heavy atom. The number of hydrogen-bond donors (Lipinski definition) is 0. The molecule has 2 aromatic heterocycles. The molecule has 0 aliphatic carbocycles. The number of methoxy groups -OCH3 is 1. The van der Waals surface area contributed by atoms with Gasteiger partial charge in [-0.25, -0.2) is 0 Å². The van der Waals surface area contributed by atoms with E-state index in [1.807, 2.05) is 40.9 Å². The van der Waals surface area contributed by atoms with E-state index in [2.05, 4.69) is 10.2 Å². The van der Waals surface area contributed by atoms with E-state index in [0.717, 1.165) is 10.5 Å². The lowest BCUT2D eigenvalue weighted by molar-refractivity contribution is 0.101. The van der Waals surface area contributed by atoms with Gasteiger partial charge < -0.3 is 4.74 Å². The molecule has 5 nitrogen and oxygen atoms in total. The van der Waals surface area contributed by atoms with Crippen molar-refractivity contribution >= 4 is 23.2 Å². The van der Waals surface area contributed by atoms with Gasteiger partial charge in [-0.05, 0) is 43.0 Å². The van der Waals surface area contributed by atoms with Crippen molar-refractivity contribution in [2.45, 2.75) is 17.0 Å². The molecule has 0 aliphatic heterocycles. The van der Waals surface area contributed by atoms with Gasteiger partial charge in [0.2, 0.25) is 0 Å². The van der Waals surface area contributed by atoms with Crippen LogP contribution < -0.4 is 4.74 Å². The molecule has 6 heteroatoms. The molecule has 1 aromatic carbocycles. The fraction of sp³-hybridized carbons (Fsp3) is 0.133. The van der Waals surface area contributed by atoms with Crippen molar-refractivity contribution in [2.24, 2.45) is 0 Å². The number of rotatable bonds is 4. The number of ketones is 1. The molecule has 0 unspecified atom stereocenters. The highest BCUT2D eigenvalue weighted by Crippen LogP contribution is 2.34. The molecule has 0 aliphatic rings. The molecule has 106 valence electrons. The summed E-state index contributed by atoms with van der Waals surface area (Å²) >= 11 is 1.40. The summed E-state index contributed by atoms with van der Waals surface area (Å²) in [5, 5.41) is 8.99. The van der Waals surface area contributed by atoms with E-state index in [1.165, 1.54) is 18.7 Å². The van der Waals surface area contributed by atoms with E-state index in [9.17, 15) is 4.79 Å². The van der Waals surface area contributed by atoms with E-state index in [-0.39, 0.29) is 5.78 Å². The zero-order chi connectivity index (χ0) is 14.8. The number of benzene rings is 1. The second kappa shape index (κ2) is 5.57. The minimum absolute atomic E-state index is 0.0382. The largest absolute Gasteiger partial charge is 0.496 e. The topological polar surface area (TPSA) is 56.5 Å². The van der Waals surface area contributed by atoms with Gasteiger partial charge in [-0.2, -0.15) is 0 Å². The maximum Gasteiger partial charge on any atom is 0.200 e. The molecule has 0 saturated heterocycles. The summed E-state index contributed by atoms with van der Waals surface area (Å²) in [5.41, 5.74) is 1.34. The molecule has 0 atom stereocenters. The molecule has 0 radical (unpaired) electrons. The predicted octanol–water partition coefficient (Wildman–Crippen LogP) is 3.09. The predicted molar refractivity (Wildman–Crippen MR) is 80.1 cm³/mol. The summed E-state index contributed by atoms with van der Waals surface area (Å²) in [4.78, 5) is 12.7. The van der Waals surface area contributed by atoms with Gasteiger partial charge in [0.05, 0.1) is 12.7 Å². The lowest BCUT2D eigenvalue weighted by atomic mass is 10.1.